The molecule has 0 spiro atoms. The lowest BCUT2D eigenvalue weighted by Crippen LogP contribution is -2.14. The fourth-order valence-electron chi connectivity index (χ4n) is 1.97. The van der Waals surface area contributed by atoms with Crippen molar-refractivity contribution in [3.63, 3.8) is 0 Å². The van der Waals surface area contributed by atoms with Gasteiger partial charge in [0.2, 0.25) is 5.95 Å². The maximum Gasteiger partial charge on any atom is 0.224 e. The average molecular weight is 256 g/mol. The molecule has 1 N–H and O–H groups in total. The molecule has 4 nitrogen and oxygen atoms in total. The van der Waals surface area contributed by atoms with E-state index in [2.05, 4.69) is 51.4 Å². The van der Waals surface area contributed by atoms with Gasteiger partial charge >= 0.3 is 0 Å². The quantitative estimate of drug-likeness (QED) is 0.911. The van der Waals surface area contributed by atoms with E-state index >= 15 is 0 Å². The normalized spacial score (nSPS) is 10.3. The molecule has 4 heteroatoms. The van der Waals surface area contributed by atoms with Crippen LogP contribution < -0.4 is 10.2 Å². The summed E-state index contributed by atoms with van der Waals surface area (Å²) in [7, 11) is 2.03. The van der Waals surface area contributed by atoms with Crippen LogP contribution in [0.4, 0.5) is 17.5 Å². The van der Waals surface area contributed by atoms with E-state index < -0.39 is 0 Å². The minimum absolute atomic E-state index is 0.669. The van der Waals surface area contributed by atoms with E-state index in [1.165, 1.54) is 5.56 Å². The van der Waals surface area contributed by atoms with Crippen molar-refractivity contribution in [2.45, 2.75) is 20.8 Å². The van der Waals surface area contributed by atoms with Crippen molar-refractivity contribution in [2.24, 2.45) is 0 Å². The zero-order valence-corrected chi connectivity index (χ0v) is 11.9. The first-order chi connectivity index (χ1) is 9.11. The Labute approximate surface area is 114 Å². The number of aromatic nitrogens is 2. The maximum absolute atomic E-state index is 4.57. The number of nitrogens with zero attached hydrogens (tertiary/aromatic N) is 3. The second kappa shape index (κ2) is 5.69. The van der Waals surface area contributed by atoms with Crippen molar-refractivity contribution in [2.75, 3.05) is 23.8 Å². The molecule has 0 saturated carbocycles. The van der Waals surface area contributed by atoms with Crippen LogP contribution in [0.15, 0.2) is 30.5 Å². The van der Waals surface area contributed by atoms with Gasteiger partial charge in [0.25, 0.3) is 0 Å². The molecule has 1 heterocycles. The lowest BCUT2D eigenvalue weighted by molar-refractivity contribution is 1.03. The molecule has 1 aromatic carbocycles. The number of rotatable bonds is 4. The number of benzene rings is 1. The van der Waals surface area contributed by atoms with Crippen molar-refractivity contribution in [1.29, 1.82) is 0 Å². The van der Waals surface area contributed by atoms with E-state index in [-0.39, 0.29) is 0 Å². The third kappa shape index (κ3) is 3.02. The van der Waals surface area contributed by atoms with Crippen molar-refractivity contribution in [3.05, 3.63) is 41.6 Å². The zero-order chi connectivity index (χ0) is 13.8. The predicted octanol–water partition coefficient (Wildman–Crippen LogP) is 3.29. The van der Waals surface area contributed by atoms with E-state index in [0.717, 1.165) is 23.6 Å². The smallest absolute Gasteiger partial charge is 0.224 e. The standard InChI is InChI=1S/C15H20N4/c1-5-16-15-17-10-12(3)14(18-15)19(4)13-8-6-7-11(2)9-13/h6-10H,5H2,1-4H3,(H,16,17,18). The Bertz CT molecular complexity index is 566. The third-order valence-corrected chi connectivity index (χ3v) is 2.99. The van der Waals surface area contributed by atoms with Gasteiger partial charge in [-0.2, -0.15) is 4.98 Å². The van der Waals surface area contributed by atoms with Gasteiger partial charge in [0.15, 0.2) is 0 Å². The van der Waals surface area contributed by atoms with Crippen LogP contribution in [0.1, 0.15) is 18.1 Å². The summed E-state index contributed by atoms with van der Waals surface area (Å²) in [6.07, 6.45) is 1.85. The molecule has 1 aromatic heterocycles. The molecule has 100 valence electrons. The number of hydrogen-bond donors (Lipinski definition) is 1. The molecule has 0 atom stereocenters. The highest BCUT2D eigenvalue weighted by Gasteiger charge is 2.10. The number of nitrogens with one attached hydrogen (secondary N) is 1. The van der Waals surface area contributed by atoms with Crippen molar-refractivity contribution >= 4 is 17.5 Å². The molecule has 0 unspecified atom stereocenters. The summed E-state index contributed by atoms with van der Waals surface area (Å²) >= 11 is 0. The molecular formula is C15H20N4. The third-order valence-electron chi connectivity index (χ3n) is 2.99. The van der Waals surface area contributed by atoms with Crippen molar-refractivity contribution in [3.8, 4) is 0 Å². The van der Waals surface area contributed by atoms with Gasteiger partial charge in [-0.05, 0) is 38.5 Å². The summed E-state index contributed by atoms with van der Waals surface area (Å²) in [5.41, 5.74) is 3.43. The van der Waals surface area contributed by atoms with Crippen LogP contribution in [0.2, 0.25) is 0 Å². The molecule has 0 fully saturated rings. The Hall–Kier alpha value is -2.10. The Morgan fingerprint density at radius 3 is 2.74 bits per heavy atom. The molecule has 2 rings (SSSR count). The highest BCUT2D eigenvalue weighted by atomic mass is 15.2. The lowest BCUT2D eigenvalue weighted by atomic mass is 10.2. The monoisotopic (exact) mass is 256 g/mol. The fraction of sp³-hybridized carbons (Fsp3) is 0.333. The Balaban J connectivity index is 2.37. The van der Waals surface area contributed by atoms with Crippen LogP contribution in [0.5, 0.6) is 0 Å². The first kappa shape index (κ1) is 13.3. The minimum atomic E-state index is 0.669. The zero-order valence-electron chi connectivity index (χ0n) is 11.9. The Morgan fingerprint density at radius 2 is 2.05 bits per heavy atom. The molecule has 0 amide bonds. The average Bonchev–Trinajstić information content (AvgIpc) is 2.40. The molecule has 0 radical (unpaired) electrons. The van der Waals surface area contributed by atoms with Gasteiger partial charge in [-0.15, -0.1) is 0 Å². The summed E-state index contributed by atoms with van der Waals surface area (Å²) in [4.78, 5) is 10.9. The highest BCUT2D eigenvalue weighted by Crippen LogP contribution is 2.25. The summed E-state index contributed by atoms with van der Waals surface area (Å²) in [5, 5.41) is 3.14. The molecule has 0 bridgehead atoms. The van der Waals surface area contributed by atoms with Crippen LogP contribution in [0.3, 0.4) is 0 Å². The van der Waals surface area contributed by atoms with Gasteiger partial charge in [-0.25, -0.2) is 4.98 Å². The van der Waals surface area contributed by atoms with Crippen LogP contribution in [-0.2, 0) is 0 Å². The molecule has 0 aliphatic rings. The summed E-state index contributed by atoms with van der Waals surface area (Å²) in [6.45, 7) is 6.97. The van der Waals surface area contributed by atoms with Gasteiger partial charge < -0.3 is 10.2 Å². The van der Waals surface area contributed by atoms with Crippen molar-refractivity contribution in [1.82, 2.24) is 9.97 Å². The molecular weight excluding hydrogens is 236 g/mol. The molecule has 2 aromatic rings. The summed E-state index contributed by atoms with van der Waals surface area (Å²) in [6, 6.07) is 8.38. The Morgan fingerprint density at radius 1 is 1.26 bits per heavy atom. The van der Waals surface area contributed by atoms with Crippen LogP contribution in [0, 0.1) is 13.8 Å². The topological polar surface area (TPSA) is 41.1 Å². The van der Waals surface area contributed by atoms with Gasteiger partial charge in [-0.3, -0.25) is 0 Å². The number of aryl methyl sites for hydroxylation is 2. The first-order valence-corrected chi connectivity index (χ1v) is 6.49. The van der Waals surface area contributed by atoms with Crippen LogP contribution in [-0.4, -0.2) is 23.6 Å². The van der Waals surface area contributed by atoms with E-state index in [9.17, 15) is 0 Å². The highest BCUT2D eigenvalue weighted by molar-refractivity contribution is 5.63. The van der Waals surface area contributed by atoms with E-state index in [1.54, 1.807) is 0 Å². The fourth-order valence-corrected chi connectivity index (χ4v) is 1.97. The largest absolute Gasteiger partial charge is 0.354 e. The van der Waals surface area contributed by atoms with Gasteiger partial charge in [0.05, 0.1) is 0 Å². The summed E-state index contributed by atoms with van der Waals surface area (Å²) in [5.74, 6) is 1.60. The van der Waals surface area contributed by atoms with Gasteiger partial charge in [0.1, 0.15) is 5.82 Å². The number of hydrogen-bond acceptors (Lipinski definition) is 4. The van der Waals surface area contributed by atoms with Crippen molar-refractivity contribution < 1.29 is 0 Å². The van der Waals surface area contributed by atoms with Gasteiger partial charge in [0, 0.05) is 31.0 Å². The second-order valence-corrected chi connectivity index (χ2v) is 4.63. The van der Waals surface area contributed by atoms with Gasteiger partial charge in [-0.1, -0.05) is 12.1 Å². The second-order valence-electron chi connectivity index (χ2n) is 4.63. The first-order valence-electron chi connectivity index (χ1n) is 6.49. The molecule has 0 saturated heterocycles. The molecule has 0 aliphatic heterocycles. The van der Waals surface area contributed by atoms with Crippen LogP contribution in [0.25, 0.3) is 0 Å². The van der Waals surface area contributed by atoms with E-state index in [1.807, 2.05) is 27.1 Å². The maximum atomic E-state index is 4.57. The number of anilines is 3. The SMILES string of the molecule is CCNc1ncc(C)c(N(C)c2cccc(C)c2)n1. The minimum Gasteiger partial charge on any atom is -0.354 e. The molecule has 0 aliphatic carbocycles. The molecule has 19 heavy (non-hydrogen) atoms. The lowest BCUT2D eigenvalue weighted by Gasteiger charge is -2.21. The summed E-state index contributed by atoms with van der Waals surface area (Å²) < 4.78 is 0. The van der Waals surface area contributed by atoms with E-state index in [0.29, 0.717) is 5.95 Å². The Kier molecular flexibility index (Phi) is 4.00. The predicted molar refractivity (Wildman–Crippen MR) is 80.2 cm³/mol. The van der Waals surface area contributed by atoms with E-state index in [4.69, 9.17) is 0 Å². The van der Waals surface area contributed by atoms with Crippen LogP contribution >= 0.6 is 0 Å².